The van der Waals surface area contributed by atoms with Crippen LogP contribution in [-0.4, -0.2) is 19.9 Å². The van der Waals surface area contributed by atoms with Gasteiger partial charge in [-0.15, -0.1) is 0 Å². The maximum atomic E-state index is 9.40. The van der Waals surface area contributed by atoms with Gasteiger partial charge in [0.25, 0.3) is 0 Å². The van der Waals surface area contributed by atoms with Gasteiger partial charge in [0.05, 0.1) is 22.5 Å². The quantitative estimate of drug-likeness (QED) is 0.893. The number of aliphatic hydroxyl groups excluding tert-OH is 1. The summed E-state index contributed by atoms with van der Waals surface area (Å²) in [6.07, 6.45) is 1.13. The van der Waals surface area contributed by atoms with Crippen LogP contribution in [-0.2, 0) is 0 Å². The molecule has 0 saturated heterocycles. The predicted molar refractivity (Wildman–Crippen MR) is 66.5 cm³/mol. The van der Waals surface area contributed by atoms with Crippen molar-refractivity contribution in [2.45, 2.75) is 26.9 Å². The molecule has 0 radical (unpaired) electrons. The lowest BCUT2D eigenvalue weighted by Crippen LogP contribution is -2.03. The number of aliphatic hydroxyl groups is 1. The average Bonchev–Trinajstić information content (AvgIpc) is 2.57. The van der Waals surface area contributed by atoms with E-state index in [1.54, 1.807) is 17.8 Å². The molecule has 2 aromatic rings. The lowest BCUT2D eigenvalue weighted by Gasteiger charge is -2.06. The van der Waals surface area contributed by atoms with Crippen molar-refractivity contribution in [1.82, 2.24) is 14.8 Å². The van der Waals surface area contributed by atoms with Crippen LogP contribution in [0.3, 0.4) is 0 Å². The van der Waals surface area contributed by atoms with Crippen molar-refractivity contribution in [3.63, 3.8) is 0 Å². The van der Waals surface area contributed by atoms with Crippen LogP contribution in [0.1, 0.15) is 30.0 Å². The Hall–Kier alpha value is -1.39. The molecule has 0 aliphatic heterocycles. The zero-order chi connectivity index (χ0) is 12.6. The summed E-state index contributed by atoms with van der Waals surface area (Å²) in [5.74, 6) is 0.696. The lowest BCUT2D eigenvalue weighted by molar-refractivity contribution is 0.199. The molecule has 0 fully saturated rings. The highest BCUT2D eigenvalue weighted by Crippen LogP contribution is 2.22. The van der Waals surface area contributed by atoms with Crippen molar-refractivity contribution in [2.75, 3.05) is 0 Å². The van der Waals surface area contributed by atoms with E-state index in [-0.39, 0.29) is 0 Å². The van der Waals surface area contributed by atoms with E-state index in [1.807, 2.05) is 26.0 Å². The topological polar surface area (TPSA) is 50.9 Å². The SMILES string of the molecule is Cc1nn(-c2ccc(C(C)O)cn2)c(C)c1Cl. The number of pyridine rings is 1. The third-order valence-electron chi connectivity index (χ3n) is 2.67. The van der Waals surface area contributed by atoms with Crippen LogP contribution >= 0.6 is 11.6 Å². The Kier molecular flexibility index (Phi) is 3.17. The molecule has 0 amide bonds. The van der Waals surface area contributed by atoms with Crippen molar-refractivity contribution < 1.29 is 5.11 Å². The summed E-state index contributed by atoms with van der Waals surface area (Å²) in [5, 5.41) is 14.4. The average molecular weight is 252 g/mol. The second-order valence-electron chi connectivity index (χ2n) is 4.02. The highest BCUT2D eigenvalue weighted by atomic mass is 35.5. The molecule has 0 saturated carbocycles. The zero-order valence-electron chi connectivity index (χ0n) is 9.98. The van der Waals surface area contributed by atoms with Gasteiger partial charge in [0, 0.05) is 6.20 Å². The number of halogens is 1. The van der Waals surface area contributed by atoms with E-state index in [9.17, 15) is 5.11 Å². The standard InChI is InChI=1S/C12H14ClN3O/c1-7-12(13)8(2)16(15-7)11-5-4-10(6-14-11)9(3)17/h4-6,9,17H,1-3H3. The van der Waals surface area contributed by atoms with Crippen LogP contribution in [0.15, 0.2) is 18.3 Å². The minimum atomic E-state index is -0.513. The van der Waals surface area contributed by atoms with E-state index in [2.05, 4.69) is 10.1 Å². The molecule has 4 nitrogen and oxygen atoms in total. The van der Waals surface area contributed by atoms with Gasteiger partial charge in [-0.1, -0.05) is 17.7 Å². The Labute approximate surface area is 105 Å². The fourth-order valence-corrected chi connectivity index (χ4v) is 1.73. The second-order valence-corrected chi connectivity index (χ2v) is 4.40. The van der Waals surface area contributed by atoms with Gasteiger partial charge in [-0.25, -0.2) is 9.67 Å². The second kappa shape index (κ2) is 4.47. The van der Waals surface area contributed by atoms with Gasteiger partial charge in [0.2, 0.25) is 0 Å². The molecule has 2 aromatic heterocycles. The van der Waals surface area contributed by atoms with Crippen LogP contribution in [0, 0.1) is 13.8 Å². The minimum Gasteiger partial charge on any atom is -0.389 e. The summed E-state index contributed by atoms with van der Waals surface area (Å²) in [5.41, 5.74) is 2.42. The molecular weight excluding hydrogens is 238 g/mol. The van der Waals surface area contributed by atoms with E-state index in [0.717, 1.165) is 17.0 Å². The Morgan fingerprint density at radius 3 is 2.47 bits per heavy atom. The van der Waals surface area contributed by atoms with Gasteiger partial charge < -0.3 is 5.11 Å². The molecule has 0 aliphatic rings. The molecule has 1 N–H and O–H groups in total. The monoisotopic (exact) mass is 251 g/mol. The molecule has 0 bridgehead atoms. The number of rotatable bonds is 2. The molecule has 0 aromatic carbocycles. The van der Waals surface area contributed by atoms with E-state index in [4.69, 9.17) is 11.6 Å². The molecule has 5 heteroatoms. The third kappa shape index (κ3) is 2.18. The summed E-state index contributed by atoms with van der Waals surface area (Å²) < 4.78 is 1.70. The third-order valence-corrected chi connectivity index (χ3v) is 3.22. The van der Waals surface area contributed by atoms with Gasteiger partial charge in [-0.05, 0) is 32.4 Å². The highest BCUT2D eigenvalue weighted by Gasteiger charge is 2.11. The van der Waals surface area contributed by atoms with Crippen molar-refractivity contribution >= 4 is 11.6 Å². The van der Waals surface area contributed by atoms with Crippen LogP contribution in [0.4, 0.5) is 0 Å². The van der Waals surface area contributed by atoms with Gasteiger partial charge in [-0.2, -0.15) is 5.10 Å². The number of aromatic nitrogens is 3. The first-order valence-electron chi connectivity index (χ1n) is 5.37. The first-order valence-corrected chi connectivity index (χ1v) is 5.74. The first kappa shape index (κ1) is 12.1. The Balaban J connectivity index is 2.43. The Morgan fingerprint density at radius 1 is 1.35 bits per heavy atom. The molecule has 0 aliphatic carbocycles. The normalized spacial score (nSPS) is 12.8. The van der Waals surface area contributed by atoms with Crippen molar-refractivity contribution in [1.29, 1.82) is 0 Å². The van der Waals surface area contributed by atoms with E-state index < -0.39 is 6.10 Å². The minimum absolute atomic E-state index is 0.513. The fraction of sp³-hybridized carbons (Fsp3) is 0.333. The largest absolute Gasteiger partial charge is 0.389 e. The molecule has 1 atom stereocenters. The molecule has 0 spiro atoms. The van der Waals surface area contributed by atoms with Crippen LogP contribution in [0.5, 0.6) is 0 Å². The fourth-order valence-electron chi connectivity index (χ4n) is 1.62. The van der Waals surface area contributed by atoms with Crippen molar-refractivity contribution in [3.05, 3.63) is 40.3 Å². The predicted octanol–water partition coefficient (Wildman–Crippen LogP) is 2.59. The number of hydrogen-bond donors (Lipinski definition) is 1. The van der Waals surface area contributed by atoms with Crippen molar-refractivity contribution in [2.24, 2.45) is 0 Å². The molecule has 1 unspecified atom stereocenters. The van der Waals surface area contributed by atoms with E-state index in [1.165, 1.54) is 0 Å². The summed E-state index contributed by atoms with van der Waals surface area (Å²) in [7, 11) is 0. The van der Waals surface area contributed by atoms with Gasteiger partial charge >= 0.3 is 0 Å². The van der Waals surface area contributed by atoms with Crippen molar-refractivity contribution in [3.8, 4) is 5.82 Å². The van der Waals surface area contributed by atoms with Crippen LogP contribution in [0.2, 0.25) is 5.02 Å². The maximum Gasteiger partial charge on any atom is 0.153 e. The van der Waals surface area contributed by atoms with E-state index in [0.29, 0.717) is 10.8 Å². The summed E-state index contributed by atoms with van der Waals surface area (Å²) in [6.45, 7) is 5.46. The molecule has 2 rings (SSSR count). The number of hydrogen-bond acceptors (Lipinski definition) is 3. The smallest absolute Gasteiger partial charge is 0.153 e. The molecule has 90 valence electrons. The summed E-state index contributed by atoms with van der Waals surface area (Å²) >= 11 is 6.08. The maximum absolute atomic E-state index is 9.40. The van der Waals surface area contributed by atoms with E-state index >= 15 is 0 Å². The van der Waals surface area contributed by atoms with Crippen LogP contribution < -0.4 is 0 Å². The number of nitrogens with zero attached hydrogens (tertiary/aromatic N) is 3. The summed E-state index contributed by atoms with van der Waals surface area (Å²) in [4.78, 5) is 4.27. The summed E-state index contributed by atoms with van der Waals surface area (Å²) in [6, 6.07) is 3.65. The van der Waals surface area contributed by atoms with Gasteiger partial charge in [0.1, 0.15) is 0 Å². The highest BCUT2D eigenvalue weighted by molar-refractivity contribution is 6.31. The number of aryl methyl sites for hydroxylation is 1. The zero-order valence-corrected chi connectivity index (χ0v) is 10.7. The lowest BCUT2D eigenvalue weighted by atomic mass is 10.2. The molecular formula is C12H14ClN3O. The van der Waals surface area contributed by atoms with Crippen LogP contribution in [0.25, 0.3) is 5.82 Å². The Bertz CT molecular complexity index is 531. The molecule has 17 heavy (non-hydrogen) atoms. The first-order chi connectivity index (χ1) is 8.00. The molecule has 2 heterocycles. The van der Waals surface area contributed by atoms with Gasteiger partial charge in [0.15, 0.2) is 5.82 Å². The Morgan fingerprint density at radius 2 is 2.06 bits per heavy atom. The van der Waals surface area contributed by atoms with Gasteiger partial charge in [-0.3, -0.25) is 0 Å².